The molecule has 0 saturated carbocycles. The molecule has 25 heavy (non-hydrogen) atoms. The predicted molar refractivity (Wildman–Crippen MR) is 101 cm³/mol. The van der Waals surface area contributed by atoms with E-state index in [-0.39, 0.29) is 24.9 Å². The van der Waals surface area contributed by atoms with E-state index in [0.717, 1.165) is 33.8 Å². The van der Waals surface area contributed by atoms with Gasteiger partial charge in [-0.3, -0.25) is 9.59 Å². The maximum absolute atomic E-state index is 12.2. The van der Waals surface area contributed by atoms with Gasteiger partial charge in [-0.05, 0) is 42.7 Å². The van der Waals surface area contributed by atoms with Gasteiger partial charge >= 0.3 is 0 Å². The van der Waals surface area contributed by atoms with Gasteiger partial charge in [0.2, 0.25) is 0 Å². The first-order valence-electron chi connectivity index (χ1n) is 8.53. The molecule has 2 amide bonds. The van der Waals surface area contributed by atoms with Gasteiger partial charge in [0.1, 0.15) is 0 Å². The number of benzene rings is 2. The lowest BCUT2D eigenvalue weighted by atomic mass is 10.1. The molecule has 0 aliphatic heterocycles. The first kappa shape index (κ1) is 18.7. The molecular weight excluding hydrogens is 314 g/mol. The van der Waals surface area contributed by atoms with Crippen LogP contribution in [-0.2, 0) is 16.0 Å². The first-order chi connectivity index (χ1) is 12.0. The summed E-state index contributed by atoms with van der Waals surface area (Å²) in [7, 11) is 1.83. The van der Waals surface area contributed by atoms with Gasteiger partial charge in [0.25, 0.3) is 11.8 Å². The molecular formula is C20H26N3O2+. The predicted octanol–water partition coefficient (Wildman–Crippen LogP) is 1.65. The molecule has 0 heterocycles. The van der Waals surface area contributed by atoms with E-state index in [1.54, 1.807) is 0 Å². The van der Waals surface area contributed by atoms with Crippen molar-refractivity contribution in [2.24, 2.45) is 0 Å². The molecule has 0 spiro atoms. The molecule has 0 radical (unpaired) electrons. The maximum Gasteiger partial charge on any atom is 0.279 e. The molecule has 132 valence electrons. The van der Waals surface area contributed by atoms with Gasteiger partial charge in [-0.25, -0.2) is 0 Å². The summed E-state index contributed by atoms with van der Waals surface area (Å²) in [6, 6.07) is 15.4. The Labute approximate surface area is 149 Å². The van der Waals surface area contributed by atoms with Gasteiger partial charge in [0.05, 0.1) is 7.05 Å². The largest absolute Gasteiger partial charge is 0.322 e. The highest BCUT2D eigenvalue weighted by molar-refractivity contribution is 5.93. The fourth-order valence-corrected chi connectivity index (χ4v) is 2.68. The van der Waals surface area contributed by atoms with Crippen molar-refractivity contribution in [2.75, 3.05) is 30.8 Å². The van der Waals surface area contributed by atoms with Crippen LogP contribution in [0, 0.1) is 6.92 Å². The number of hydrogen-bond donors (Lipinski definition) is 3. The number of quaternary nitrogens is 1. The zero-order valence-corrected chi connectivity index (χ0v) is 15.1. The monoisotopic (exact) mass is 340 g/mol. The Balaban J connectivity index is 1.83. The average Bonchev–Trinajstić information content (AvgIpc) is 2.54. The van der Waals surface area contributed by atoms with E-state index in [4.69, 9.17) is 0 Å². The second kappa shape index (κ2) is 8.99. The van der Waals surface area contributed by atoms with E-state index in [9.17, 15) is 9.59 Å². The van der Waals surface area contributed by atoms with Crippen LogP contribution in [-0.4, -0.2) is 32.0 Å². The van der Waals surface area contributed by atoms with Gasteiger partial charge in [-0.15, -0.1) is 0 Å². The molecule has 0 aromatic heterocycles. The smallest absolute Gasteiger partial charge is 0.279 e. The molecule has 2 rings (SSSR count). The lowest BCUT2D eigenvalue weighted by Gasteiger charge is -2.15. The highest BCUT2D eigenvalue weighted by Gasteiger charge is 2.15. The highest BCUT2D eigenvalue weighted by Crippen LogP contribution is 2.14. The summed E-state index contributed by atoms with van der Waals surface area (Å²) in [5.41, 5.74) is 3.81. The van der Waals surface area contributed by atoms with Crippen LogP contribution >= 0.6 is 0 Å². The topological polar surface area (TPSA) is 62.6 Å². The molecule has 2 aromatic rings. The highest BCUT2D eigenvalue weighted by atomic mass is 16.2. The number of anilines is 2. The Morgan fingerprint density at radius 1 is 0.960 bits per heavy atom. The third-order valence-electron chi connectivity index (χ3n) is 3.90. The number of likely N-dealkylation sites (N-methyl/N-ethyl adjacent to an activating group) is 1. The number of rotatable bonds is 7. The average molecular weight is 340 g/mol. The minimum Gasteiger partial charge on any atom is -0.322 e. The van der Waals surface area contributed by atoms with Crippen LogP contribution in [0.3, 0.4) is 0 Å². The fraction of sp³-hybridized carbons (Fsp3) is 0.300. The van der Waals surface area contributed by atoms with Crippen LogP contribution < -0.4 is 15.5 Å². The quantitative estimate of drug-likeness (QED) is 0.718. The zero-order valence-electron chi connectivity index (χ0n) is 15.1. The lowest BCUT2D eigenvalue weighted by molar-refractivity contribution is -0.862. The van der Waals surface area contributed by atoms with Crippen LogP contribution in [0.2, 0.25) is 0 Å². The number of nitrogens with one attached hydrogen (secondary N) is 3. The number of carbonyl (C=O) groups is 2. The van der Waals surface area contributed by atoms with Crippen molar-refractivity contribution in [1.29, 1.82) is 0 Å². The first-order valence-corrected chi connectivity index (χ1v) is 8.53. The van der Waals surface area contributed by atoms with Crippen molar-refractivity contribution in [3.05, 3.63) is 59.7 Å². The summed E-state index contributed by atoms with van der Waals surface area (Å²) in [5.74, 6) is -0.202. The van der Waals surface area contributed by atoms with Crippen molar-refractivity contribution in [1.82, 2.24) is 0 Å². The number of amides is 2. The molecule has 1 unspecified atom stereocenters. The molecule has 0 bridgehead atoms. The Morgan fingerprint density at radius 3 is 2.32 bits per heavy atom. The Morgan fingerprint density at radius 2 is 1.64 bits per heavy atom. The van der Waals surface area contributed by atoms with Crippen molar-refractivity contribution in [3.63, 3.8) is 0 Å². The lowest BCUT2D eigenvalue weighted by Crippen LogP contribution is -3.11. The number of carbonyl (C=O) groups excluding carboxylic acids is 2. The minimum absolute atomic E-state index is 0.0956. The molecule has 5 heteroatoms. The van der Waals surface area contributed by atoms with Gasteiger partial charge in [-0.1, -0.05) is 37.3 Å². The van der Waals surface area contributed by atoms with Crippen LogP contribution in [0.1, 0.15) is 18.1 Å². The summed E-state index contributed by atoms with van der Waals surface area (Å²) in [6.45, 7) is 4.50. The second-order valence-corrected chi connectivity index (χ2v) is 6.29. The number of aryl methyl sites for hydroxylation is 2. The van der Waals surface area contributed by atoms with E-state index in [0.29, 0.717) is 0 Å². The summed E-state index contributed by atoms with van der Waals surface area (Å²) in [4.78, 5) is 25.2. The third kappa shape index (κ3) is 6.04. The van der Waals surface area contributed by atoms with Crippen LogP contribution in [0.15, 0.2) is 48.5 Å². The molecule has 5 nitrogen and oxygen atoms in total. The Kier molecular flexibility index (Phi) is 6.71. The van der Waals surface area contributed by atoms with E-state index in [1.807, 2.05) is 62.5 Å². The number of para-hydroxylation sites is 1. The molecule has 0 aliphatic carbocycles. The van der Waals surface area contributed by atoms with E-state index in [1.165, 1.54) is 0 Å². The summed E-state index contributed by atoms with van der Waals surface area (Å²) < 4.78 is 0. The fourth-order valence-electron chi connectivity index (χ4n) is 2.68. The summed E-state index contributed by atoms with van der Waals surface area (Å²) >= 11 is 0. The molecule has 0 saturated heterocycles. The Hall–Kier alpha value is -2.66. The molecule has 1 atom stereocenters. The molecule has 2 aromatic carbocycles. The van der Waals surface area contributed by atoms with Crippen molar-refractivity contribution >= 4 is 23.2 Å². The SMILES string of the molecule is CCc1ccccc1NC(=O)C[NH+](C)CC(=O)Nc1cccc(C)c1. The van der Waals surface area contributed by atoms with Crippen LogP contribution in [0.4, 0.5) is 11.4 Å². The Bertz CT molecular complexity index is 743. The van der Waals surface area contributed by atoms with E-state index < -0.39 is 0 Å². The van der Waals surface area contributed by atoms with E-state index in [2.05, 4.69) is 17.6 Å². The molecule has 0 aliphatic rings. The van der Waals surface area contributed by atoms with Crippen LogP contribution in [0.25, 0.3) is 0 Å². The van der Waals surface area contributed by atoms with Crippen molar-refractivity contribution < 1.29 is 14.5 Å². The van der Waals surface area contributed by atoms with Crippen molar-refractivity contribution in [3.8, 4) is 0 Å². The second-order valence-electron chi connectivity index (χ2n) is 6.29. The van der Waals surface area contributed by atoms with Gasteiger partial charge < -0.3 is 15.5 Å². The normalized spacial score (nSPS) is 11.6. The summed E-state index contributed by atoms with van der Waals surface area (Å²) in [5, 5.41) is 5.79. The summed E-state index contributed by atoms with van der Waals surface area (Å²) in [6.07, 6.45) is 0.859. The van der Waals surface area contributed by atoms with Gasteiger partial charge in [-0.2, -0.15) is 0 Å². The third-order valence-corrected chi connectivity index (χ3v) is 3.90. The van der Waals surface area contributed by atoms with Gasteiger partial charge in [0, 0.05) is 11.4 Å². The zero-order chi connectivity index (χ0) is 18.2. The van der Waals surface area contributed by atoms with E-state index >= 15 is 0 Å². The van der Waals surface area contributed by atoms with Crippen LogP contribution in [0.5, 0.6) is 0 Å². The minimum atomic E-state index is -0.107. The standard InChI is InChI=1S/C20H25N3O2/c1-4-16-9-5-6-11-18(16)22-20(25)14-23(3)13-19(24)21-17-10-7-8-15(2)12-17/h5-12H,4,13-14H2,1-3H3,(H,21,24)(H,22,25)/p+1. The molecule has 0 fully saturated rings. The van der Waals surface area contributed by atoms with Crippen molar-refractivity contribution in [2.45, 2.75) is 20.3 Å². The maximum atomic E-state index is 12.2. The molecule has 3 N–H and O–H groups in total. The van der Waals surface area contributed by atoms with Gasteiger partial charge in [0.15, 0.2) is 13.1 Å². The number of hydrogen-bond acceptors (Lipinski definition) is 2.